The zero-order chi connectivity index (χ0) is 34.2. The van der Waals surface area contributed by atoms with Gasteiger partial charge in [0.2, 0.25) is 0 Å². The van der Waals surface area contributed by atoms with Crippen LogP contribution in [0.5, 0.6) is 0 Å². The van der Waals surface area contributed by atoms with E-state index in [1.165, 1.54) is 93.6 Å². The topological polar surface area (TPSA) is 3.24 Å². The number of hydrogen-bond donors (Lipinski definition) is 0. The molecule has 0 N–H and O–H groups in total. The standard InChI is InChI=1S/C51H35N/c1-2-18-36(19-3-1)52(32-34-16-14-27-43-39-21-5-4-20-37(39)38-22-6-7-25-42(38)49(34)43)33-35-17-15-31-48-50(35)44-26-10-13-30-47(44)51(48)45-28-11-8-23-40(45)41-24-9-12-29-46(41)51/h1-31H,32-33H2. The van der Waals surface area contributed by atoms with Crippen molar-refractivity contribution in [3.63, 3.8) is 0 Å². The second-order valence-corrected chi connectivity index (χ2v) is 14.3. The van der Waals surface area contributed by atoms with Crippen molar-refractivity contribution in [2.24, 2.45) is 0 Å². The fraction of sp³-hybridized carbons (Fsp3) is 0.0588. The van der Waals surface area contributed by atoms with Crippen LogP contribution in [-0.4, -0.2) is 0 Å². The lowest BCUT2D eigenvalue weighted by atomic mass is 9.70. The van der Waals surface area contributed by atoms with Crippen LogP contribution < -0.4 is 4.90 Å². The van der Waals surface area contributed by atoms with E-state index >= 15 is 0 Å². The molecule has 0 radical (unpaired) electrons. The number of anilines is 1. The average molecular weight is 662 g/mol. The molecule has 2 aliphatic rings. The highest BCUT2D eigenvalue weighted by molar-refractivity contribution is 6.26. The minimum absolute atomic E-state index is 0.345. The monoisotopic (exact) mass is 661 g/mol. The number of hydrogen-bond acceptors (Lipinski definition) is 1. The van der Waals surface area contributed by atoms with Crippen LogP contribution in [0.2, 0.25) is 0 Å². The molecule has 9 aromatic rings. The highest BCUT2D eigenvalue weighted by atomic mass is 15.1. The van der Waals surface area contributed by atoms with Crippen LogP contribution in [0.3, 0.4) is 0 Å². The Kier molecular flexibility index (Phi) is 6.36. The van der Waals surface area contributed by atoms with E-state index in [0.29, 0.717) is 0 Å². The maximum absolute atomic E-state index is 2.58. The Morgan fingerprint density at radius 1 is 0.327 bits per heavy atom. The maximum Gasteiger partial charge on any atom is 0.0725 e. The Labute approximate surface area is 304 Å². The molecule has 0 unspecified atom stereocenters. The molecule has 52 heavy (non-hydrogen) atoms. The van der Waals surface area contributed by atoms with E-state index in [2.05, 4.69) is 193 Å². The van der Waals surface area contributed by atoms with E-state index in [-0.39, 0.29) is 5.41 Å². The third-order valence-corrected chi connectivity index (χ3v) is 11.8. The Morgan fingerprint density at radius 3 is 1.40 bits per heavy atom. The third kappa shape index (κ3) is 3.99. The predicted octanol–water partition coefficient (Wildman–Crippen LogP) is 12.7. The molecule has 0 saturated carbocycles. The first-order valence-corrected chi connectivity index (χ1v) is 18.3. The summed E-state index contributed by atoms with van der Waals surface area (Å²) in [6, 6.07) is 70.0. The van der Waals surface area contributed by atoms with Crippen LogP contribution in [0.1, 0.15) is 33.4 Å². The lowest BCUT2D eigenvalue weighted by Gasteiger charge is -2.31. The predicted molar refractivity (Wildman–Crippen MR) is 218 cm³/mol. The van der Waals surface area contributed by atoms with E-state index in [9.17, 15) is 0 Å². The van der Waals surface area contributed by atoms with Gasteiger partial charge in [-0.2, -0.15) is 0 Å². The van der Waals surface area contributed by atoms with Crippen LogP contribution >= 0.6 is 0 Å². The molecule has 0 heterocycles. The van der Waals surface area contributed by atoms with Crippen molar-refractivity contribution in [2.45, 2.75) is 18.5 Å². The summed E-state index contributed by atoms with van der Waals surface area (Å²) in [7, 11) is 0. The fourth-order valence-electron chi connectivity index (χ4n) is 9.80. The molecule has 1 heteroatoms. The summed E-state index contributed by atoms with van der Waals surface area (Å²) in [4.78, 5) is 2.58. The zero-order valence-corrected chi connectivity index (χ0v) is 28.8. The Hall–Kier alpha value is -6.44. The number of rotatable bonds is 5. The van der Waals surface area contributed by atoms with Crippen molar-refractivity contribution in [2.75, 3.05) is 4.90 Å². The SMILES string of the molecule is c1ccc(N(Cc2cccc3c2-c2ccccc2C32c3ccccc3-c3ccccc32)Cc2cccc3c4ccccc4c4ccccc4c23)cc1. The molecule has 1 spiro atoms. The summed E-state index contributed by atoms with van der Waals surface area (Å²) in [5.74, 6) is 0. The molecule has 0 saturated heterocycles. The van der Waals surface area contributed by atoms with Gasteiger partial charge in [-0.3, -0.25) is 0 Å². The largest absolute Gasteiger partial charge is 0.363 e. The number of para-hydroxylation sites is 1. The van der Waals surface area contributed by atoms with Crippen molar-refractivity contribution in [1.29, 1.82) is 0 Å². The highest BCUT2D eigenvalue weighted by Gasteiger charge is 2.51. The quantitative estimate of drug-likeness (QED) is 0.166. The molecule has 9 aromatic carbocycles. The van der Waals surface area contributed by atoms with Gasteiger partial charge in [0.15, 0.2) is 0 Å². The van der Waals surface area contributed by atoms with Gasteiger partial charge in [-0.1, -0.05) is 176 Å². The first-order chi connectivity index (χ1) is 25.8. The molecule has 2 aliphatic carbocycles. The smallest absolute Gasteiger partial charge is 0.0725 e. The van der Waals surface area contributed by atoms with Crippen LogP contribution in [0.25, 0.3) is 54.6 Å². The van der Waals surface area contributed by atoms with Crippen molar-refractivity contribution in [3.8, 4) is 22.3 Å². The highest BCUT2D eigenvalue weighted by Crippen LogP contribution is 2.63. The normalized spacial score (nSPS) is 13.3. The van der Waals surface area contributed by atoms with Crippen LogP contribution in [0, 0.1) is 0 Å². The zero-order valence-electron chi connectivity index (χ0n) is 28.8. The molecule has 244 valence electrons. The lowest BCUT2D eigenvalue weighted by molar-refractivity contribution is 0.785. The Balaban J connectivity index is 1.12. The average Bonchev–Trinajstić information content (AvgIpc) is 3.69. The summed E-state index contributed by atoms with van der Waals surface area (Å²) in [5, 5.41) is 7.91. The van der Waals surface area contributed by atoms with Gasteiger partial charge in [0, 0.05) is 18.8 Å². The minimum Gasteiger partial charge on any atom is -0.363 e. The van der Waals surface area contributed by atoms with E-state index in [1.54, 1.807) is 0 Å². The molecule has 1 nitrogen and oxygen atoms in total. The number of fused-ring (bicyclic) bond motifs is 16. The molecule has 0 aromatic heterocycles. The summed E-state index contributed by atoms with van der Waals surface area (Å²) in [6.07, 6.45) is 0. The van der Waals surface area contributed by atoms with Gasteiger partial charge in [0.25, 0.3) is 0 Å². The third-order valence-electron chi connectivity index (χ3n) is 11.8. The summed E-state index contributed by atoms with van der Waals surface area (Å²) in [6.45, 7) is 1.56. The Bertz CT molecular complexity index is 2770. The first-order valence-electron chi connectivity index (χ1n) is 18.3. The summed E-state index contributed by atoms with van der Waals surface area (Å²) < 4.78 is 0. The van der Waals surface area contributed by atoms with Gasteiger partial charge >= 0.3 is 0 Å². The van der Waals surface area contributed by atoms with Crippen LogP contribution in [0.15, 0.2) is 188 Å². The minimum atomic E-state index is -0.345. The van der Waals surface area contributed by atoms with Gasteiger partial charge < -0.3 is 4.90 Å². The molecule has 0 atom stereocenters. The van der Waals surface area contributed by atoms with E-state index < -0.39 is 0 Å². The molecular formula is C51H35N. The van der Waals surface area contributed by atoms with Gasteiger partial charge in [0.05, 0.1) is 5.41 Å². The summed E-state index contributed by atoms with van der Waals surface area (Å²) in [5.41, 5.74) is 14.5. The molecule has 0 fully saturated rings. The second kappa shape index (κ2) is 11.3. The second-order valence-electron chi connectivity index (χ2n) is 14.3. The lowest BCUT2D eigenvalue weighted by Crippen LogP contribution is -2.26. The van der Waals surface area contributed by atoms with Crippen LogP contribution in [-0.2, 0) is 18.5 Å². The number of benzene rings is 9. The molecule has 0 amide bonds. The summed E-state index contributed by atoms with van der Waals surface area (Å²) >= 11 is 0. The Morgan fingerprint density at radius 2 is 0.750 bits per heavy atom. The van der Waals surface area contributed by atoms with Crippen molar-refractivity contribution in [3.05, 3.63) is 221 Å². The van der Waals surface area contributed by atoms with Gasteiger partial charge in [-0.15, -0.1) is 0 Å². The first kappa shape index (κ1) is 29.3. The van der Waals surface area contributed by atoms with Crippen LogP contribution in [0.4, 0.5) is 5.69 Å². The fourth-order valence-corrected chi connectivity index (χ4v) is 9.80. The molecule has 0 bridgehead atoms. The van der Waals surface area contributed by atoms with Gasteiger partial charge in [0.1, 0.15) is 0 Å². The van der Waals surface area contributed by atoms with Crippen molar-refractivity contribution < 1.29 is 0 Å². The number of nitrogens with zero attached hydrogens (tertiary/aromatic N) is 1. The molecule has 11 rings (SSSR count). The van der Waals surface area contributed by atoms with E-state index in [4.69, 9.17) is 0 Å². The van der Waals surface area contributed by atoms with E-state index in [1.807, 2.05) is 0 Å². The van der Waals surface area contributed by atoms with Gasteiger partial charge in [-0.25, -0.2) is 0 Å². The van der Waals surface area contributed by atoms with Crippen molar-refractivity contribution in [1.82, 2.24) is 0 Å². The van der Waals surface area contributed by atoms with Gasteiger partial charge in [-0.05, 0) is 100 Å². The van der Waals surface area contributed by atoms with E-state index in [0.717, 1.165) is 13.1 Å². The molecule has 0 aliphatic heterocycles. The van der Waals surface area contributed by atoms with Crippen molar-refractivity contribution >= 4 is 38.0 Å². The molecular weight excluding hydrogens is 627 g/mol. The maximum atomic E-state index is 2.58.